The number of nitrogens with zero attached hydrogens (tertiary/aromatic N) is 3. The van der Waals surface area contributed by atoms with E-state index in [4.69, 9.17) is 0 Å². The molecule has 0 saturated heterocycles. The number of carbonyl (C=O) groups is 1. The molecule has 3 rings (SSSR count). The zero-order valence-electron chi connectivity index (χ0n) is 11.1. The van der Waals surface area contributed by atoms with E-state index in [0.717, 1.165) is 39.4 Å². The molecule has 20 heavy (non-hydrogen) atoms. The van der Waals surface area contributed by atoms with Crippen molar-refractivity contribution < 1.29 is 9.90 Å². The maximum atomic E-state index is 10.6. The standard InChI is InChI=1S/C14H13N3O2S/c1-8-3-4-10-6-9(2)13-15-16-14(20-7-12(18)19)17(13)11(10)5-8/h3-6H,7H2,1-2H3,(H,18,19)/p-1. The number of aryl methyl sites for hydroxylation is 2. The molecule has 102 valence electrons. The quantitative estimate of drug-likeness (QED) is 0.680. The second-order valence-corrected chi connectivity index (χ2v) is 5.63. The Morgan fingerprint density at radius 1 is 1.30 bits per heavy atom. The van der Waals surface area contributed by atoms with Gasteiger partial charge in [-0.1, -0.05) is 23.9 Å². The van der Waals surface area contributed by atoms with Crippen molar-refractivity contribution in [2.45, 2.75) is 19.0 Å². The average Bonchev–Trinajstić information content (AvgIpc) is 2.82. The number of hydrogen-bond donors (Lipinski definition) is 0. The number of fused-ring (bicyclic) bond motifs is 3. The largest absolute Gasteiger partial charge is 0.549 e. The van der Waals surface area contributed by atoms with Crippen LogP contribution in [-0.4, -0.2) is 26.3 Å². The van der Waals surface area contributed by atoms with Crippen LogP contribution in [0.4, 0.5) is 0 Å². The van der Waals surface area contributed by atoms with Crippen LogP contribution >= 0.6 is 11.8 Å². The van der Waals surface area contributed by atoms with Gasteiger partial charge in [-0.05, 0) is 42.5 Å². The van der Waals surface area contributed by atoms with Gasteiger partial charge in [0.05, 0.1) is 11.5 Å². The van der Waals surface area contributed by atoms with Crippen molar-refractivity contribution >= 4 is 34.3 Å². The molecule has 6 heteroatoms. The van der Waals surface area contributed by atoms with E-state index in [0.29, 0.717) is 5.16 Å². The van der Waals surface area contributed by atoms with Crippen LogP contribution in [-0.2, 0) is 4.79 Å². The Labute approximate surface area is 119 Å². The summed E-state index contributed by atoms with van der Waals surface area (Å²) in [6.07, 6.45) is 0. The molecule has 3 aromatic rings. The van der Waals surface area contributed by atoms with Gasteiger partial charge in [-0.15, -0.1) is 10.2 Å². The van der Waals surface area contributed by atoms with Crippen molar-refractivity contribution in [3.8, 4) is 0 Å². The normalized spacial score (nSPS) is 11.3. The van der Waals surface area contributed by atoms with Gasteiger partial charge < -0.3 is 9.90 Å². The van der Waals surface area contributed by atoms with E-state index < -0.39 is 5.97 Å². The van der Waals surface area contributed by atoms with Crippen molar-refractivity contribution in [1.29, 1.82) is 0 Å². The summed E-state index contributed by atoms with van der Waals surface area (Å²) in [6.45, 7) is 3.99. The van der Waals surface area contributed by atoms with Crippen LogP contribution in [0.1, 0.15) is 11.1 Å². The van der Waals surface area contributed by atoms with Crippen LogP contribution in [0.2, 0.25) is 0 Å². The first-order chi connectivity index (χ1) is 9.56. The predicted molar refractivity (Wildman–Crippen MR) is 75.7 cm³/mol. The summed E-state index contributed by atoms with van der Waals surface area (Å²) in [5.74, 6) is -1.25. The molecule has 0 unspecified atom stereocenters. The van der Waals surface area contributed by atoms with Gasteiger partial charge in [0.15, 0.2) is 10.8 Å². The van der Waals surface area contributed by atoms with Gasteiger partial charge >= 0.3 is 0 Å². The SMILES string of the molecule is Cc1ccc2cc(C)c3nnc(SCC(=O)[O-])n3c2c1. The Kier molecular flexibility index (Phi) is 3.10. The second-order valence-electron chi connectivity index (χ2n) is 4.69. The predicted octanol–water partition coefficient (Wildman–Crippen LogP) is 1.34. The first kappa shape index (κ1) is 12.9. The Balaban J connectivity index is 2.29. The van der Waals surface area contributed by atoms with E-state index in [1.54, 1.807) is 0 Å². The number of pyridine rings is 1. The lowest BCUT2D eigenvalue weighted by Gasteiger charge is -2.08. The Bertz CT molecular complexity index is 826. The number of aromatic nitrogens is 3. The van der Waals surface area contributed by atoms with Gasteiger partial charge in [-0.2, -0.15) is 0 Å². The highest BCUT2D eigenvalue weighted by Crippen LogP contribution is 2.26. The molecule has 0 spiro atoms. The first-order valence-corrected chi connectivity index (χ1v) is 7.12. The highest BCUT2D eigenvalue weighted by atomic mass is 32.2. The number of carboxylic acids is 1. The number of thioether (sulfide) groups is 1. The van der Waals surface area contributed by atoms with Crippen molar-refractivity contribution in [3.05, 3.63) is 35.4 Å². The van der Waals surface area contributed by atoms with Crippen LogP contribution in [0.3, 0.4) is 0 Å². The highest BCUT2D eigenvalue weighted by molar-refractivity contribution is 7.99. The number of benzene rings is 1. The van der Waals surface area contributed by atoms with Gasteiger partial charge in [0.2, 0.25) is 0 Å². The molecule has 1 aromatic carbocycles. The maximum Gasteiger partial charge on any atom is 0.196 e. The van der Waals surface area contributed by atoms with Gasteiger partial charge in [0.25, 0.3) is 0 Å². The third-order valence-electron chi connectivity index (χ3n) is 3.10. The number of carboxylic acid groups (broad SMARTS) is 1. The monoisotopic (exact) mass is 286 g/mol. The molecule has 0 saturated carbocycles. The molecule has 0 aliphatic carbocycles. The average molecular weight is 286 g/mol. The zero-order valence-corrected chi connectivity index (χ0v) is 11.9. The smallest absolute Gasteiger partial charge is 0.196 e. The second kappa shape index (κ2) is 4.79. The summed E-state index contributed by atoms with van der Waals surface area (Å²) < 4.78 is 1.91. The summed E-state index contributed by atoms with van der Waals surface area (Å²) in [5.41, 5.74) is 3.88. The molecule has 0 aliphatic rings. The topological polar surface area (TPSA) is 70.3 Å². The van der Waals surface area contributed by atoms with Gasteiger partial charge in [-0.25, -0.2) is 0 Å². The first-order valence-electron chi connectivity index (χ1n) is 6.14. The van der Waals surface area contributed by atoms with Crippen molar-refractivity contribution in [3.63, 3.8) is 0 Å². The maximum absolute atomic E-state index is 10.6. The molecule has 2 heterocycles. The fourth-order valence-corrected chi connectivity index (χ4v) is 2.89. The molecule has 0 atom stereocenters. The van der Waals surface area contributed by atoms with Crippen LogP contribution in [0.5, 0.6) is 0 Å². The van der Waals surface area contributed by atoms with E-state index in [-0.39, 0.29) is 5.75 Å². The molecular formula is C14H12N3O2S-. The van der Waals surface area contributed by atoms with Crippen LogP contribution < -0.4 is 5.11 Å². The minimum atomic E-state index is -1.11. The Hall–Kier alpha value is -2.08. The minimum Gasteiger partial charge on any atom is -0.549 e. The third kappa shape index (κ3) is 2.12. The van der Waals surface area contributed by atoms with Crippen molar-refractivity contribution in [1.82, 2.24) is 14.6 Å². The molecule has 2 aromatic heterocycles. The van der Waals surface area contributed by atoms with Crippen molar-refractivity contribution in [2.24, 2.45) is 0 Å². The molecule has 0 N–H and O–H groups in total. The lowest BCUT2D eigenvalue weighted by Crippen LogP contribution is -2.24. The molecular weight excluding hydrogens is 274 g/mol. The van der Waals surface area contributed by atoms with Crippen LogP contribution in [0, 0.1) is 13.8 Å². The lowest BCUT2D eigenvalue weighted by atomic mass is 10.1. The summed E-state index contributed by atoms with van der Waals surface area (Å²) in [5, 5.41) is 20.5. The summed E-state index contributed by atoms with van der Waals surface area (Å²) in [6, 6.07) is 8.20. The fourth-order valence-electron chi connectivity index (χ4n) is 2.23. The highest BCUT2D eigenvalue weighted by Gasteiger charge is 2.12. The van der Waals surface area contributed by atoms with Gasteiger partial charge in [-0.3, -0.25) is 4.40 Å². The van der Waals surface area contributed by atoms with Gasteiger partial charge in [0.1, 0.15) is 0 Å². The Morgan fingerprint density at radius 3 is 2.85 bits per heavy atom. The van der Waals surface area contributed by atoms with E-state index >= 15 is 0 Å². The fraction of sp³-hybridized carbons (Fsp3) is 0.214. The van der Waals surface area contributed by atoms with E-state index in [2.05, 4.69) is 16.3 Å². The number of carbonyl (C=O) groups excluding carboxylic acids is 1. The Morgan fingerprint density at radius 2 is 2.10 bits per heavy atom. The van der Waals surface area contributed by atoms with E-state index in [9.17, 15) is 9.90 Å². The zero-order chi connectivity index (χ0) is 14.3. The number of rotatable bonds is 3. The summed E-state index contributed by atoms with van der Waals surface area (Å²) in [4.78, 5) is 10.6. The number of hydrogen-bond acceptors (Lipinski definition) is 5. The van der Waals surface area contributed by atoms with Crippen molar-refractivity contribution in [2.75, 3.05) is 5.75 Å². The minimum absolute atomic E-state index is 0.137. The molecule has 5 nitrogen and oxygen atoms in total. The van der Waals surface area contributed by atoms with Gasteiger partial charge in [0, 0.05) is 5.75 Å². The van der Waals surface area contributed by atoms with Crippen LogP contribution in [0.15, 0.2) is 29.4 Å². The lowest BCUT2D eigenvalue weighted by molar-refractivity contribution is -0.301. The molecule has 0 aliphatic heterocycles. The molecule has 0 bridgehead atoms. The molecule has 0 fully saturated rings. The molecule has 0 radical (unpaired) electrons. The van der Waals surface area contributed by atoms with Crippen LogP contribution in [0.25, 0.3) is 16.6 Å². The number of aliphatic carboxylic acids is 1. The summed E-state index contributed by atoms with van der Waals surface area (Å²) >= 11 is 1.12. The third-order valence-corrected chi connectivity index (χ3v) is 4.01. The molecule has 0 amide bonds. The summed E-state index contributed by atoms with van der Waals surface area (Å²) in [7, 11) is 0. The van der Waals surface area contributed by atoms with E-state index in [1.807, 2.05) is 36.4 Å². The van der Waals surface area contributed by atoms with E-state index in [1.165, 1.54) is 0 Å².